The van der Waals surface area contributed by atoms with Gasteiger partial charge in [-0.05, 0) is 12.1 Å². The molecule has 26 heavy (non-hydrogen) atoms. The number of nitro groups is 2. The Balaban J connectivity index is 1.73. The molecular formula is C15H10ClN5O5. The normalized spacial score (nSPS) is 10.5. The predicted octanol–water partition coefficient (Wildman–Crippen LogP) is 3.82. The highest BCUT2D eigenvalue weighted by molar-refractivity contribution is 6.32. The second kappa shape index (κ2) is 7.15. The lowest BCUT2D eigenvalue weighted by Crippen LogP contribution is -2.00. The third-order valence-corrected chi connectivity index (χ3v) is 3.69. The quantitative estimate of drug-likeness (QED) is 0.507. The zero-order chi connectivity index (χ0) is 18.7. The number of nitrogens with zero attached hydrogens (tertiary/aromatic N) is 4. The van der Waals surface area contributed by atoms with Gasteiger partial charge in [-0.2, -0.15) is 4.98 Å². The van der Waals surface area contributed by atoms with Crippen LogP contribution in [0.1, 0.15) is 5.89 Å². The largest absolute Gasteiger partial charge is 0.376 e. The minimum Gasteiger partial charge on any atom is -0.376 e. The lowest BCUT2D eigenvalue weighted by atomic mass is 10.2. The molecule has 11 heteroatoms. The van der Waals surface area contributed by atoms with Crippen LogP contribution in [0.2, 0.25) is 5.02 Å². The highest BCUT2D eigenvalue weighted by Crippen LogP contribution is 2.27. The number of aromatic nitrogens is 2. The van der Waals surface area contributed by atoms with E-state index in [1.54, 1.807) is 12.1 Å². The molecule has 0 amide bonds. The highest BCUT2D eigenvalue weighted by atomic mass is 35.5. The number of non-ortho nitro benzene ring substituents is 1. The Morgan fingerprint density at radius 3 is 2.65 bits per heavy atom. The van der Waals surface area contributed by atoms with E-state index in [4.69, 9.17) is 16.1 Å². The van der Waals surface area contributed by atoms with E-state index in [0.717, 1.165) is 0 Å². The van der Waals surface area contributed by atoms with Gasteiger partial charge in [0.1, 0.15) is 5.02 Å². The maximum absolute atomic E-state index is 10.9. The number of nitrogens with one attached hydrogen (secondary N) is 1. The van der Waals surface area contributed by atoms with Crippen LogP contribution in [0.4, 0.5) is 17.1 Å². The van der Waals surface area contributed by atoms with Gasteiger partial charge in [0.2, 0.25) is 11.7 Å². The van der Waals surface area contributed by atoms with Crippen molar-refractivity contribution in [2.24, 2.45) is 0 Å². The third-order valence-electron chi connectivity index (χ3n) is 3.37. The lowest BCUT2D eigenvalue weighted by Gasteiger charge is -2.03. The Labute approximate surface area is 150 Å². The fourth-order valence-electron chi connectivity index (χ4n) is 2.14. The number of rotatable bonds is 6. The summed E-state index contributed by atoms with van der Waals surface area (Å²) in [5.74, 6) is 0.414. The summed E-state index contributed by atoms with van der Waals surface area (Å²) in [6.45, 7) is 0.112. The van der Waals surface area contributed by atoms with E-state index in [1.807, 2.05) is 0 Å². The van der Waals surface area contributed by atoms with Gasteiger partial charge in [-0.1, -0.05) is 28.9 Å². The van der Waals surface area contributed by atoms with Crippen molar-refractivity contribution in [1.82, 2.24) is 10.1 Å². The van der Waals surface area contributed by atoms with Crippen molar-refractivity contribution in [3.63, 3.8) is 0 Å². The van der Waals surface area contributed by atoms with Crippen LogP contribution in [0.15, 0.2) is 47.0 Å². The maximum atomic E-state index is 10.9. The average molecular weight is 376 g/mol. The first-order valence-corrected chi connectivity index (χ1v) is 7.57. The second-order valence-corrected chi connectivity index (χ2v) is 5.50. The summed E-state index contributed by atoms with van der Waals surface area (Å²) in [7, 11) is 0. The van der Waals surface area contributed by atoms with Crippen LogP contribution < -0.4 is 5.32 Å². The Bertz CT molecular complexity index is 990. The SMILES string of the molecule is O=[N+]([O-])c1cccc(-c2noc(CNc3ccc(Cl)c([N+](=O)[O-])c3)n2)c1. The number of hydrogen-bond acceptors (Lipinski definition) is 8. The summed E-state index contributed by atoms with van der Waals surface area (Å²) in [5.41, 5.74) is 0.590. The summed E-state index contributed by atoms with van der Waals surface area (Å²) in [6, 6.07) is 10.1. The minimum absolute atomic E-state index is 0.0336. The number of anilines is 1. The molecule has 0 atom stereocenters. The fraction of sp³-hybridized carbons (Fsp3) is 0.0667. The van der Waals surface area contributed by atoms with Gasteiger partial charge in [0.05, 0.1) is 16.4 Å². The topological polar surface area (TPSA) is 137 Å². The standard InChI is InChI=1S/C15H10ClN5O5/c16-12-5-4-10(7-13(12)21(24)25)17-8-14-18-15(19-26-14)9-2-1-3-11(6-9)20(22)23/h1-7,17H,8H2. The predicted molar refractivity (Wildman–Crippen MR) is 91.8 cm³/mol. The van der Waals surface area contributed by atoms with Crippen LogP contribution >= 0.6 is 11.6 Å². The molecule has 0 spiro atoms. The third kappa shape index (κ3) is 3.75. The van der Waals surface area contributed by atoms with Crippen molar-refractivity contribution < 1.29 is 14.4 Å². The number of halogens is 1. The van der Waals surface area contributed by atoms with Crippen molar-refractivity contribution in [1.29, 1.82) is 0 Å². The van der Waals surface area contributed by atoms with Crippen LogP contribution in [-0.2, 0) is 6.54 Å². The Kier molecular flexibility index (Phi) is 4.76. The highest BCUT2D eigenvalue weighted by Gasteiger charge is 2.15. The molecule has 2 aromatic carbocycles. The summed E-state index contributed by atoms with van der Waals surface area (Å²) in [6.07, 6.45) is 0. The van der Waals surface area contributed by atoms with Gasteiger partial charge < -0.3 is 9.84 Å². The Morgan fingerprint density at radius 1 is 1.12 bits per heavy atom. The van der Waals surface area contributed by atoms with Crippen LogP contribution in [-0.4, -0.2) is 20.0 Å². The van der Waals surface area contributed by atoms with Crippen LogP contribution in [0.25, 0.3) is 11.4 Å². The molecule has 3 aromatic rings. The van der Waals surface area contributed by atoms with Gasteiger partial charge >= 0.3 is 0 Å². The molecule has 0 aliphatic rings. The smallest absolute Gasteiger partial charge is 0.289 e. The van der Waals surface area contributed by atoms with E-state index < -0.39 is 9.85 Å². The zero-order valence-corrected chi connectivity index (χ0v) is 13.7. The maximum Gasteiger partial charge on any atom is 0.289 e. The molecule has 0 unspecified atom stereocenters. The van der Waals surface area contributed by atoms with E-state index in [9.17, 15) is 20.2 Å². The molecule has 0 fully saturated rings. The first-order chi connectivity index (χ1) is 12.4. The van der Waals surface area contributed by atoms with Gasteiger partial charge in [0.15, 0.2) is 0 Å². The fourth-order valence-corrected chi connectivity index (χ4v) is 2.33. The van der Waals surface area contributed by atoms with E-state index in [-0.39, 0.29) is 34.7 Å². The van der Waals surface area contributed by atoms with Crippen molar-refractivity contribution in [2.75, 3.05) is 5.32 Å². The number of hydrogen-bond donors (Lipinski definition) is 1. The zero-order valence-electron chi connectivity index (χ0n) is 13.0. The van der Waals surface area contributed by atoms with Crippen molar-refractivity contribution in [2.45, 2.75) is 6.54 Å². The minimum atomic E-state index is -0.583. The summed E-state index contributed by atoms with van der Waals surface area (Å²) in [4.78, 5) is 24.8. The molecule has 0 radical (unpaired) electrons. The Hall–Kier alpha value is -3.53. The average Bonchev–Trinajstić information content (AvgIpc) is 3.10. The van der Waals surface area contributed by atoms with Gasteiger partial charge in [-0.15, -0.1) is 0 Å². The van der Waals surface area contributed by atoms with E-state index >= 15 is 0 Å². The van der Waals surface area contributed by atoms with Gasteiger partial charge in [-0.3, -0.25) is 20.2 Å². The van der Waals surface area contributed by atoms with E-state index in [1.165, 1.54) is 30.3 Å². The van der Waals surface area contributed by atoms with Gasteiger partial charge in [0.25, 0.3) is 11.4 Å². The molecule has 1 heterocycles. The molecule has 132 valence electrons. The molecule has 0 aliphatic carbocycles. The first kappa shape index (κ1) is 17.3. The van der Waals surface area contributed by atoms with Crippen molar-refractivity contribution >= 4 is 28.7 Å². The van der Waals surface area contributed by atoms with Crippen molar-refractivity contribution in [3.05, 3.63) is 73.6 Å². The van der Waals surface area contributed by atoms with Crippen LogP contribution in [0.5, 0.6) is 0 Å². The second-order valence-electron chi connectivity index (χ2n) is 5.10. The van der Waals surface area contributed by atoms with Gasteiger partial charge in [0, 0.05) is 29.4 Å². The Morgan fingerprint density at radius 2 is 1.92 bits per heavy atom. The van der Waals surface area contributed by atoms with Crippen LogP contribution in [0, 0.1) is 20.2 Å². The van der Waals surface area contributed by atoms with E-state index in [2.05, 4.69) is 15.5 Å². The van der Waals surface area contributed by atoms with Crippen molar-refractivity contribution in [3.8, 4) is 11.4 Å². The molecule has 0 bridgehead atoms. The molecule has 0 aliphatic heterocycles. The monoisotopic (exact) mass is 375 g/mol. The molecular weight excluding hydrogens is 366 g/mol. The molecule has 0 saturated heterocycles. The molecule has 1 aromatic heterocycles. The summed E-state index contributed by atoms with van der Waals surface area (Å²) < 4.78 is 5.09. The molecule has 3 rings (SSSR count). The summed E-state index contributed by atoms with van der Waals surface area (Å²) in [5, 5.41) is 28.4. The molecule has 1 N–H and O–H groups in total. The first-order valence-electron chi connectivity index (χ1n) is 7.19. The number of benzene rings is 2. The van der Waals surface area contributed by atoms with E-state index in [0.29, 0.717) is 11.3 Å². The molecule has 10 nitrogen and oxygen atoms in total. The summed E-state index contributed by atoms with van der Waals surface area (Å²) >= 11 is 5.76. The van der Waals surface area contributed by atoms with Crippen LogP contribution in [0.3, 0.4) is 0 Å². The molecule has 0 saturated carbocycles. The lowest BCUT2D eigenvalue weighted by molar-refractivity contribution is -0.384. The number of nitro benzene ring substituents is 2. The van der Waals surface area contributed by atoms with Gasteiger partial charge in [-0.25, -0.2) is 0 Å².